The van der Waals surface area contributed by atoms with Crippen LogP contribution in [0.5, 0.6) is 0 Å². The number of halogens is 2. The van der Waals surface area contributed by atoms with Crippen LogP contribution in [0.3, 0.4) is 0 Å². The molecule has 17 heavy (non-hydrogen) atoms. The minimum Gasteiger partial charge on any atom is -0.312 e. The van der Waals surface area contributed by atoms with E-state index in [1.54, 1.807) is 17.4 Å². The molecule has 0 amide bonds. The normalized spacial score (nSPS) is 12.7. The number of aromatic nitrogens is 1. The summed E-state index contributed by atoms with van der Waals surface area (Å²) >= 11 is 4.97. The van der Waals surface area contributed by atoms with Crippen LogP contribution in [0.4, 0.5) is 4.39 Å². The van der Waals surface area contributed by atoms with E-state index in [1.165, 1.54) is 17.0 Å². The molecule has 1 aromatic heterocycles. The maximum absolute atomic E-state index is 13.0. The highest BCUT2D eigenvalue weighted by molar-refractivity contribution is 9.10. The average Bonchev–Trinajstić information content (AvgIpc) is 2.77. The first-order valence-corrected chi connectivity index (χ1v) is 6.81. The SMILES string of the molecule is CNC(C)c1cnc(-c2ccc(F)cc2Br)s1. The maximum atomic E-state index is 13.0. The smallest absolute Gasteiger partial charge is 0.124 e. The van der Waals surface area contributed by atoms with Crippen LogP contribution in [0.15, 0.2) is 28.9 Å². The topological polar surface area (TPSA) is 24.9 Å². The summed E-state index contributed by atoms with van der Waals surface area (Å²) in [4.78, 5) is 5.54. The van der Waals surface area contributed by atoms with Crippen LogP contribution in [0.25, 0.3) is 10.6 Å². The van der Waals surface area contributed by atoms with Gasteiger partial charge in [0.05, 0.1) is 0 Å². The zero-order chi connectivity index (χ0) is 12.4. The fourth-order valence-electron chi connectivity index (χ4n) is 1.42. The number of rotatable bonds is 3. The fourth-order valence-corrected chi connectivity index (χ4v) is 3.10. The van der Waals surface area contributed by atoms with Crippen molar-refractivity contribution < 1.29 is 4.39 Å². The number of nitrogens with one attached hydrogen (secondary N) is 1. The van der Waals surface area contributed by atoms with Crippen LogP contribution >= 0.6 is 27.3 Å². The lowest BCUT2D eigenvalue weighted by Crippen LogP contribution is -2.10. The van der Waals surface area contributed by atoms with Gasteiger partial charge in [-0.25, -0.2) is 9.37 Å². The zero-order valence-corrected chi connectivity index (χ0v) is 11.9. The molecule has 0 saturated carbocycles. The number of hydrogen-bond acceptors (Lipinski definition) is 3. The van der Waals surface area contributed by atoms with Gasteiger partial charge in [-0.2, -0.15) is 0 Å². The Morgan fingerprint density at radius 2 is 2.24 bits per heavy atom. The Bertz CT molecular complexity index is 527. The van der Waals surface area contributed by atoms with Crippen molar-refractivity contribution in [2.45, 2.75) is 13.0 Å². The van der Waals surface area contributed by atoms with Crippen LogP contribution < -0.4 is 5.32 Å². The first kappa shape index (κ1) is 12.7. The summed E-state index contributed by atoms with van der Waals surface area (Å²) in [7, 11) is 1.91. The van der Waals surface area contributed by atoms with Crippen molar-refractivity contribution in [3.05, 3.63) is 39.6 Å². The highest BCUT2D eigenvalue weighted by atomic mass is 79.9. The lowest BCUT2D eigenvalue weighted by Gasteiger charge is -2.05. The van der Waals surface area contributed by atoms with Crippen LogP contribution in [-0.2, 0) is 0 Å². The molecule has 2 nitrogen and oxygen atoms in total. The van der Waals surface area contributed by atoms with E-state index in [0.717, 1.165) is 15.0 Å². The van der Waals surface area contributed by atoms with Gasteiger partial charge in [0.15, 0.2) is 0 Å². The van der Waals surface area contributed by atoms with Crippen molar-refractivity contribution in [2.24, 2.45) is 0 Å². The summed E-state index contributed by atoms with van der Waals surface area (Å²) in [6, 6.07) is 4.92. The van der Waals surface area contributed by atoms with Crippen molar-refractivity contribution in [1.29, 1.82) is 0 Å². The van der Waals surface area contributed by atoms with E-state index in [2.05, 4.69) is 33.2 Å². The summed E-state index contributed by atoms with van der Waals surface area (Å²) in [6.45, 7) is 2.08. The molecule has 90 valence electrons. The second-order valence-electron chi connectivity index (χ2n) is 3.70. The Morgan fingerprint density at radius 3 is 2.88 bits per heavy atom. The molecule has 2 rings (SSSR count). The zero-order valence-electron chi connectivity index (χ0n) is 9.50. The molecule has 0 bridgehead atoms. The van der Waals surface area contributed by atoms with Gasteiger partial charge in [0.1, 0.15) is 10.8 Å². The maximum Gasteiger partial charge on any atom is 0.124 e. The quantitative estimate of drug-likeness (QED) is 0.926. The fraction of sp³-hybridized carbons (Fsp3) is 0.250. The van der Waals surface area contributed by atoms with Crippen molar-refractivity contribution in [1.82, 2.24) is 10.3 Å². The van der Waals surface area contributed by atoms with Gasteiger partial charge in [-0.15, -0.1) is 11.3 Å². The Labute approximate surface area is 112 Å². The van der Waals surface area contributed by atoms with Crippen LogP contribution in [0.2, 0.25) is 0 Å². The van der Waals surface area contributed by atoms with Crippen molar-refractivity contribution in [3.8, 4) is 10.6 Å². The predicted octanol–water partition coefficient (Wildman–Crippen LogP) is 3.99. The molecule has 0 saturated heterocycles. The minimum absolute atomic E-state index is 0.249. The molecule has 2 aromatic rings. The van der Waals surface area contributed by atoms with Gasteiger partial charge >= 0.3 is 0 Å². The van der Waals surface area contributed by atoms with E-state index < -0.39 is 0 Å². The Morgan fingerprint density at radius 1 is 1.47 bits per heavy atom. The molecule has 0 aliphatic carbocycles. The molecular weight excluding hydrogens is 303 g/mol. The Hall–Kier alpha value is -0.780. The summed E-state index contributed by atoms with van der Waals surface area (Å²) < 4.78 is 13.7. The standard InChI is InChI=1S/C12H12BrFN2S/c1-7(15-2)11-6-16-12(17-11)9-4-3-8(14)5-10(9)13/h3-7,15H,1-2H3. The van der Waals surface area contributed by atoms with Gasteiger partial charge in [0.25, 0.3) is 0 Å². The first-order chi connectivity index (χ1) is 8.11. The van der Waals surface area contributed by atoms with E-state index in [4.69, 9.17) is 0 Å². The van der Waals surface area contributed by atoms with Crippen LogP contribution in [-0.4, -0.2) is 12.0 Å². The van der Waals surface area contributed by atoms with Crippen molar-refractivity contribution >= 4 is 27.3 Å². The Kier molecular flexibility index (Phi) is 3.91. The lowest BCUT2D eigenvalue weighted by molar-refractivity contribution is 0.627. The summed E-state index contributed by atoms with van der Waals surface area (Å²) in [5.41, 5.74) is 0.922. The van der Waals surface area contributed by atoms with E-state index in [0.29, 0.717) is 0 Å². The molecule has 1 unspecified atom stereocenters. The molecule has 0 spiro atoms. The second-order valence-corrected chi connectivity index (χ2v) is 5.62. The molecule has 0 aliphatic rings. The van der Waals surface area contributed by atoms with Gasteiger partial charge < -0.3 is 5.32 Å². The Balaban J connectivity index is 2.37. The molecule has 0 radical (unpaired) electrons. The van der Waals surface area contributed by atoms with Crippen LogP contribution in [0, 0.1) is 5.82 Å². The average molecular weight is 315 g/mol. The predicted molar refractivity (Wildman–Crippen MR) is 72.7 cm³/mol. The number of thiazole rings is 1. The molecule has 1 N–H and O–H groups in total. The monoisotopic (exact) mass is 314 g/mol. The molecular formula is C12H12BrFN2S. The molecule has 1 heterocycles. The van der Waals surface area contributed by atoms with Gasteiger partial charge in [0.2, 0.25) is 0 Å². The third kappa shape index (κ3) is 2.73. The van der Waals surface area contributed by atoms with Crippen LogP contribution in [0.1, 0.15) is 17.8 Å². The van der Waals surface area contributed by atoms with E-state index in [9.17, 15) is 4.39 Å². The summed E-state index contributed by atoms with van der Waals surface area (Å²) in [5, 5.41) is 4.07. The largest absolute Gasteiger partial charge is 0.312 e. The van der Waals surface area contributed by atoms with Gasteiger partial charge in [-0.1, -0.05) is 0 Å². The molecule has 5 heteroatoms. The highest BCUT2D eigenvalue weighted by Gasteiger charge is 2.11. The lowest BCUT2D eigenvalue weighted by atomic mass is 10.2. The van der Waals surface area contributed by atoms with Gasteiger partial charge in [-0.3, -0.25) is 0 Å². The molecule has 1 aromatic carbocycles. The van der Waals surface area contributed by atoms with Gasteiger partial charge in [0, 0.05) is 27.2 Å². The van der Waals surface area contributed by atoms with E-state index >= 15 is 0 Å². The summed E-state index contributed by atoms with van der Waals surface area (Å²) in [6.07, 6.45) is 1.86. The highest BCUT2D eigenvalue weighted by Crippen LogP contribution is 2.33. The van der Waals surface area contributed by atoms with Gasteiger partial charge in [-0.05, 0) is 48.1 Å². The number of benzene rings is 1. The number of hydrogen-bond donors (Lipinski definition) is 1. The van der Waals surface area contributed by atoms with Crippen molar-refractivity contribution in [3.63, 3.8) is 0 Å². The van der Waals surface area contributed by atoms with E-state index in [-0.39, 0.29) is 11.9 Å². The molecule has 0 aliphatic heterocycles. The summed E-state index contributed by atoms with van der Waals surface area (Å²) in [5.74, 6) is -0.249. The molecule has 1 atom stereocenters. The first-order valence-electron chi connectivity index (χ1n) is 5.20. The number of nitrogens with zero attached hydrogens (tertiary/aromatic N) is 1. The minimum atomic E-state index is -0.249. The van der Waals surface area contributed by atoms with E-state index in [1.807, 2.05) is 13.2 Å². The van der Waals surface area contributed by atoms with Crippen molar-refractivity contribution in [2.75, 3.05) is 7.05 Å². The molecule has 0 fully saturated rings. The third-order valence-electron chi connectivity index (χ3n) is 2.54. The third-order valence-corrected chi connectivity index (χ3v) is 4.41. The second kappa shape index (κ2) is 5.25.